The molecule has 4 nitrogen and oxygen atoms in total. The van der Waals surface area contributed by atoms with E-state index in [9.17, 15) is 4.79 Å². The van der Waals surface area contributed by atoms with E-state index in [0.29, 0.717) is 23.9 Å². The molecule has 0 aliphatic heterocycles. The molecule has 2 atom stereocenters. The smallest absolute Gasteiger partial charge is 0.223 e. The predicted molar refractivity (Wildman–Crippen MR) is 88.8 cm³/mol. The van der Waals surface area contributed by atoms with Gasteiger partial charge in [-0.05, 0) is 36.5 Å². The van der Waals surface area contributed by atoms with Gasteiger partial charge >= 0.3 is 0 Å². The molecule has 2 rings (SSSR count). The molecular formula is C17H25ClN2O2. The number of hydrogen-bond donors (Lipinski definition) is 2. The van der Waals surface area contributed by atoms with Gasteiger partial charge in [-0.2, -0.15) is 0 Å². The Bertz CT molecular complexity index is 468. The van der Waals surface area contributed by atoms with Crippen molar-refractivity contribution in [2.75, 3.05) is 13.7 Å². The van der Waals surface area contributed by atoms with E-state index in [2.05, 4.69) is 5.32 Å². The minimum Gasteiger partial charge on any atom is -0.380 e. The van der Waals surface area contributed by atoms with E-state index in [1.54, 1.807) is 7.11 Å². The standard InChI is InChI=1S/C17H25ClN2O2/c1-22-15(11-19)10-16(21)20-17(12-4-2-3-5-12)13-6-8-14(18)9-7-13/h6-9,12,15,17H,2-5,10-11,19H2,1H3,(H,20,21). The first-order valence-electron chi connectivity index (χ1n) is 7.91. The fraction of sp³-hybridized carbons (Fsp3) is 0.588. The second-order valence-corrected chi connectivity index (χ2v) is 6.38. The fourth-order valence-electron chi connectivity index (χ4n) is 3.14. The number of ether oxygens (including phenoxy) is 1. The van der Waals surface area contributed by atoms with E-state index < -0.39 is 0 Å². The molecule has 0 saturated heterocycles. The van der Waals surface area contributed by atoms with Gasteiger partial charge in [-0.25, -0.2) is 0 Å². The van der Waals surface area contributed by atoms with Gasteiger partial charge in [0.05, 0.1) is 18.6 Å². The van der Waals surface area contributed by atoms with Crippen LogP contribution in [0.3, 0.4) is 0 Å². The highest BCUT2D eigenvalue weighted by molar-refractivity contribution is 6.30. The van der Waals surface area contributed by atoms with Gasteiger partial charge in [0.15, 0.2) is 0 Å². The summed E-state index contributed by atoms with van der Waals surface area (Å²) in [6, 6.07) is 7.80. The van der Waals surface area contributed by atoms with E-state index >= 15 is 0 Å². The number of carbonyl (C=O) groups excluding carboxylic acids is 1. The van der Waals surface area contributed by atoms with Crippen molar-refractivity contribution in [2.45, 2.75) is 44.2 Å². The maximum atomic E-state index is 12.3. The molecule has 1 aliphatic rings. The third-order valence-corrected chi connectivity index (χ3v) is 4.68. The van der Waals surface area contributed by atoms with Crippen LogP contribution in [-0.2, 0) is 9.53 Å². The summed E-state index contributed by atoms with van der Waals surface area (Å²) in [6.45, 7) is 0.346. The van der Waals surface area contributed by atoms with Crippen molar-refractivity contribution in [3.8, 4) is 0 Å². The van der Waals surface area contributed by atoms with Crippen molar-refractivity contribution < 1.29 is 9.53 Å². The highest BCUT2D eigenvalue weighted by atomic mass is 35.5. The maximum absolute atomic E-state index is 12.3. The molecule has 122 valence electrons. The van der Waals surface area contributed by atoms with E-state index in [-0.39, 0.29) is 18.1 Å². The molecule has 0 radical (unpaired) electrons. The van der Waals surface area contributed by atoms with E-state index in [0.717, 1.165) is 18.4 Å². The molecule has 1 fully saturated rings. The Balaban J connectivity index is 2.07. The lowest BCUT2D eigenvalue weighted by Crippen LogP contribution is -2.36. The van der Waals surface area contributed by atoms with Crippen molar-refractivity contribution in [3.63, 3.8) is 0 Å². The van der Waals surface area contributed by atoms with Crippen molar-refractivity contribution in [2.24, 2.45) is 11.7 Å². The van der Waals surface area contributed by atoms with Gasteiger partial charge in [-0.1, -0.05) is 36.6 Å². The van der Waals surface area contributed by atoms with Crippen LogP contribution in [0.1, 0.15) is 43.7 Å². The molecule has 1 saturated carbocycles. The Morgan fingerprint density at radius 3 is 2.55 bits per heavy atom. The number of nitrogens with two attached hydrogens (primary N) is 1. The highest BCUT2D eigenvalue weighted by Crippen LogP contribution is 2.36. The number of hydrogen-bond acceptors (Lipinski definition) is 3. The van der Waals surface area contributed by atoms with Crippen LogP contribution in [0.5, 0.6) is 0 Å². The van der Waals surface area contributed by atoms with Gasteiger partial charge < -0.3 is 15.8 Å². The Hall–Kier alpha value is -1.10. The summed E-state index contributed by atoms with van der Waals surface area (Å²) in [5.41, 5.74) is 6.71. The SMILES string of the molecule is COC(CN)CC(=O)NC(c1ccc(Cl)cc1)C1CCCC1. The number of amides is 1. The molecule has 1 aliphatic carbocycles. The molecule has 5 heteroatoms. The first kappa shape index (κ1) is 17.3. The number of rotatable bonds is 7. The van der Waals surface area contributed by atoms with Gasteiger partial charge in [0.2, 0.25) is 5.91 Å². The molecule has 22 heavy (non-hydrogen) atoms. The predicted octanol–water partition coefficient (Wildman–Crippen LogP) is 3.05. The normalized spacial score (nSPS) is 18.1. The summed E-state index contributed by atoms with van der Waals surface area (Å²) >= 11 is 5.97. The molecule has 0 spiro atoms. The first-order chi connectivity index (χ1) is 10.6. The molecule has 0 heterocycles. The van der Waals surface area contributed by atoms with Crippen molar-refractivity contribution in [1.82, 2.24) is 5.32 Å². The number of nitrogens with one attached hydrogen (secondary N) is 1. The number of halogens is 1. The van der Waals surface area contributed by atoms with Gasteiger partial charge in [0.1, 0.15) is 0 Å². The van der Waals surface area contributed by atoms with Crippen LogP contribution in [0.15, 0.2) is 24.3 Å². The Labute approximate surface area is 137 Å². The minimum absolute atomic E-state index is 0.0100. The lowest BCUT2D eigenvalue weighted by molar-refractivity contribution is -0.124. The van der Waals surface area contributed by atoms with E-state index in [4.69, 9.17) is 22.1 Å². The Morgan fingerprint density at radius 2 is 2.00 bits per heavy atom. The molecule has 0 aromatic heterocycles. The van der Waals surface area contributed by atoms with E-state index in [1.165, 1.54) is 12.8 Å². The lowest BCUT2D eigenvalue weighted by atomic mass is 9.91. The summed E-state index contributed by atoms with van der Waals surface area (Å²) < 4.78 is 5.20. The van der Waals surface area contributed by atoms with Crippen LogP contribution in [0.2, 0.25) is 5.02 Å². The third kappa shape index (κ3) is 4.70. The van der Waals surface area contributed by atoms with Crippen LogP contribution in [0, 0.1) is 5.92 Å². The van der Waals surface area contributed by atoms with Gasteiger partial charge in [0, 0.05) is 18.7 Å². The van der Waals surface area contributed by atoms with Crippen LogP contribution >= 0.6 is 11.6 Å². The molecule has 0 bridgehead atoms. The van der Waals surface area contributed by atoms with Crippen LogP contribution < -0.4 is 11.1 Å². The van der Waals surface area contributed by atoms with Gasteiger partial charge in [-0.3, -0.25) is 4.79 Å². The lowest BCUT2D eigenvalue weighted by Gasteiger charge is -2.26. The average Bonchev–Trinajstić information content (AvgIpc) is 3.05. The van der Waals surface area contributed by atoms with Crippen LogP contribution in [-0.4, -0.2) is 25.7 Å². The molecule has 3 N–H and O–H groups in total. The van der Waals surface area contributed by atoms with Crippen molar-refractivity contribution in [3.05, 3.63) is 34.9 Å². The molecule has 1 amide bonds. The summed E-state index contributed by atoms with van der Waals surface area (Å²) in [5.74, 6) is 0.480. The number of methoxy groups -OCH3 is 1. The summed E-state index contributed by atoms with van der Waals surface area (Å²) in [5, 5.41) is 3.89. The second kappa shape index (κ2) is 8.51. The Morgan fingerprint density at radius 1 is 1.36 bits per heavy atom. The monoisotopic (exact) mass is 324 g/mol. The zero-order chi connectivity index (χ0) is 15.9. The summed E-state index contributed by atoms with van der Waals surface area (Å²) in [4.78, 5) is 12.3. The number of carbonyl (C=O) groups is 1. The Kier molecular flexibility index (Phi) is 6.68. The second-order valence-electron chi connectivity index (χ2n) is 5.94. The quantitative estimate of drug-likeness (QED) is 0.810. The maximum Gasteiger partial charge on any atom is 0.223 e. The molecule has 2 unspecified atom stereocenters. The van der Waals surface area contributed by atoms with Crippen LogP contribution in [0.25, 0.3) is 0 Å². The van der Waals surface area contributed by atoms with Crippen LogP contribution in [0.4, 0.5) is 0 Å². The van der Waals surface area contributed by atoms with Crippen molar-refractivity contribution >= 4 is 17.5 Å². The average molecular weight is 325 g/mol. The third-order valence-electron chi connectivity index (χ3n) is 4.43. The molecule has 1 aromatic rings. The molecule has 1 aromatic carbocycles. The van der Waals surface area contributed by atoms with Gasteiger partial charge in [-0.15, -0.1) is 0 Å². The first-order valence-corrected chi connectivity index (χ1v) is 8.29. The largest absolute Gasteiger partial charge is 0.380 e. The zero-order valence-corrected chi connectivity index (χ0v) is 13.8. The minimum atomic E-state index is -0.227. The zero-order valence-electron chi connectivity index (χ0n) is 13.1. The molecular weight excluding hydrogens is 300 g/mol. The highest BCUT2D eigenvalue weighted by Gasteiger charge is 2.28. The fourth-order valence-corrected chi connectivity index (χ4v) is 3.26. The van der Waals surface area contributed by atoms with Gasteiger partial charge in [0.25, 0.3) is 0 Å². The number of benzene rings is 1. The van der Waals surface area contributed by atoms with E-state index in [1.807, 2.05) is 24.3 Å². The van der Waals surface area contributed by atoms with Crippen molar-refractivity contribution in [1.29, 1.82) is 0 Å². The topological polar surface area (TPSA) is 64.3 Å². The summed E-state index contributed by atoms with van der Waals surface area (Å²) in [7, 11) is 1.58. The summed E-state index contributed by atoms with van der Waals surface area (Å²) in [6.07, 6.45) is 4.83.